The van der Waals surface area contributed by atoms with Crippen molar-refractivity contribution in [3.63, 3.8) is 0 Å². The molecule has 0 bridgehead atoms. The van der Waals surface area contributed by atoms with Gasteiger partial charge in [-0.2, -0.15) is 0 Å². The monoisotopic (exact) mass is 634 g/mol. The third-order valence-electron chi connectivity index (χ3n) is 7.87. The van der Waals surface area contributed by atoms with Gasteiger partial charge in [-0.15, -0.1) is 0 Å². The number of aliphatic imine (C=N–C) groups is 1. The molecule has 0 heterocycles. The van der Waals surface area contributed by atoms with Gasteiger partial charge in [-0.25, -0.2) is 0 Å². The Hall–Kier alpha value is -3.12. The average molecular weight is 635 g/mol. The van der Waals surface area contributed by atoms with Gasteiger partial charge in [0.15, 0.2) is 0 Å². The van der Waals surface area contributed by atoms with Crippen molar-refractivity contribution in [1.82, 2.24) is 0 Å². The Morgan fingerprint density at radius 2 is 1.12 bits per heavy atom. The molecule has 0 radical (unpaired) electrons. The van der Waals surface area contributed by atoms with Crippen molar-refractivity contribution in [2.75, 3.05) is 0 Å². The SMILES string of the molecule is Cc1cc(C)c(N=CC=[N+]([Pd])c2c(C)cc(C)cc2-c2c(C)cccc2C(C)C)c(-c2c(C)cccc2C(C)C)c1. The van der Waals surface area contributed by atoms with Gasteiger partial charge in [0, 0.05) is 0 Å². The molecule has 41 heavy (non-hydrogen) atoms. The Labute approximate surface area is 259 Å². The molecule has 0 saturated carbocycles. The predicted octanol–water partition coefficient (Wildman–Crippen LogP) is 10.7. The number of benzene rings is 4. The number of hydrogen-bond acceptors (Lipinski definition) is 1. The Morgan fingerprint density at radius 1 is 0.634 bits per heavy atom. The maximum absolute atomic E-state index is 5.10. The summed E-state index contributed by atoms with van der Waals surface area (Å²) < 4.78 is 2.09. The summed E-state index contributed by atoms with van der Waals surface area (Å²) in [6.07, 6.45) is 3.98. The molecule has 0 aliphatic heterocycles. The second-order valence-corrected chi connectivity index (χ2v) is 12.8. The third-order valence-corrected chi connectivity index (χ3v) is 8.45. The Kier molecular flexibility index (Phi) is 9.63. The first-order valence-electron chi connectivity index (χ1n) is 14.6. The first kappa shape index (κ1) is 30.8. The molecule has 0 spiro atoms. The summed E-state index contributed by atoms with van der Waals surface area (Å²) in [4.78, 5) is 5.10. The molecule has 4 aromatic carbocycles. The van der Waals surface area contributed by atoms with E-state index in [0.29, 0.717) is 11.8 Å². The van der Waals surface area contributed by atoms with Crippen LogP contribution in [0.5, 0.6) is 0 Å². The number of rotatable bonds is 7. The first-order chi connectivity index (χ1) is 19.4. The Morgan fingerprint density at radius 3 is 1.66 bits per heavy atom. The van der Waals surface area contributed by atoms with Gasteiger partial charge in [-0.1, -0.05) is 0 Å². The fourth-order valence-electron chi connectivity index (χ4n) is 6.05. The van der Waals surface area contributed by atoms with Gasteiger partial charge in [0.05, 0.1) is 0 Å². The van der Waals surface area contributed by atoms with E-state index in [1.54, 1.807) is 0 Å². The van der Waals surface area contributed by atoms with Gasteiger partial charge in [0.2, 0.25) is 0 Å². The van der Waals surface area contributed by atoms with Crippen LogP contribution in [0.3, 0.4) is 0 Å². The molecule has 0 unspecified atom stereocenters. The predicted molar refractivity (Wildman–Crippen MR) is 174 cm³/mol. The van der Waals surface area contributed by atoms with Crippen molar-refractivity contribution < 1.29 is 22.7 Å². The fraction of sp³-hybridized carbons (Fsp3) is 0.316. The van der Waals surface area contributed by atoms with Crippen molar-refractivity contribution >= 4 is 23.8 Å². The van der Waals surface area contributed by atoms with Crippen LogP contribution in [0.15, 0.2) is 65.7 Å². The van der Waals surface area contributed by atoms with Gasteiger partial charge in [0.25, 0.3) is 0 Å². The van der Waals surface area contributed by atoms with E-state index < -0.39 is 0 Å². The molecular formula is C38H44N2Pd+. The summed E-state index contributed by atoms with van der Waals surface area (Å²) in [5.41, 5.74) is 17.5. The zero-order valence-electron chi connectivity index (χ0n) is 26.3. The van der Waals surface area contributed by atoms with E-state index in [2.05, 4.69) is 153 Å². The van der Waals surface area contributed by atoms with E-state index in [1.165, 1.54) is 66.8 Å². The summed E-state index contributed by atoms with van der Waals surface area (Å²) in [6, 6.07) is 22.4. The summed E-state index contributed by atoms with van der Waals surface area (Å²) in [6.45, 7) is 22.2. The molecule has 0 aliphatic carbocycles. The minimum absolute atomic E-state index is 0.425. The van der Waals surface area contributed by atoms with Crippen LogP contribution < -0.4 is 0 Å². The summed E-state index contributed by atoms with van der Waals surface area (Å²) in [7, 11) is 0. The van der Waals surface area contributed by atoms with Gasteiger partial charge in [-0.3, -0.25) is 0 Å². The van der Waals surface area contributed by atoms with E-state index in [9.17, 15) is 0 Å². The fourth-order valence-corrected chi connectivity index (χ4v) is 6.62. The van der Waals surface area contributed by atoms with Crippen molar-refractivity contribution in [3.05, 3.63) is 105 Å². The number of hydrogen-bond donors (Lipinski definition) is 0. The van der Waals surface area contributed by atoms with E-state index in [-0.39, 0.29) is 0 Å². The third kappa shape index (κ3) is 6.53. The van der Waals surface area contributed by atoms with Crippen LogP contribution in [0.25, 0.3) is 22.3 Å². The van der Waals surface area contributed by atoms with Crippen molar-refractivity contribution in [1.29, 1.82) is 0 Å². The maximum atomic E-state index is 5.10. The molecule has 0 saturated heterocycles. The molecule has 4 aromatic rings. The van der Waals surface area contributed by atoms with Crippen molar-refractivity contribution in [2.45, 2.75) is 81.1 Å². The normalized spacial score (nSPS) is 12.3. The van der Waals surface area contributed by atoms with Crippen LogP contribution >= 0.6 is 0 Å². The van der Waals surface area contributed by atoms with Crippen LogP contribution in [-0.4, -0.2) is 15.6 Å². The molecule has 0 N–H and O–H groups in total. The zero-order chi connectivity index (χ0) is 30.0. The first-order valence-corrected chi connectivity index (χ1v) is 15.3. The molecule has 0 aromatic heterocycles. The van der Waals surface area contributed by atoms with Gasteiger partial charge < -0.3 is 0 Å². The van der Waals surface area contributed by atoms with Crippen LogP contribution in [0.4, 0.5) is 11.4 Å². The molecule has 0 fully saturated rings. The van der Waals surface area contributed by atoms with E-state index in [1.807, 2.05) is 12.4 Å². The van der Waals surface area contributed by atoms with E-state index in [4.69, 9.17) is 4.99 Å². The van der Waals surface area contributed by atoms with E-state index >= 15 is 0 Å². The topological polar surface area (TPSA) is 15.4 Å². The molecule has 0 aliphatic rings. The molecule has 3 heteroatoms. The molecule has 0 amide bonds. The standard InChI is InChI=1S/C38H44N2.Pd/c1-23(2)31-15-11-13-27(7)35(31)33-21-25(5)19-29(9)37(33)39-17-18-40-38-30(10)20-26(6)22-34(38)36-28(8)14-12-16-32(36)24(3)4;/h11-24H,1-10H3;/q;+1. The van der Waals surface area contributed by atoms with E-state index in [0.717, 1.165) is 11.4 Å². The molecule has 0 atom stereocenters. The summed E-state index contributed by atoms with van der Waals surface area (Å²) >= 11 is 3.54. The quantitative estimate of drug-likeness (QED) is 0.142. The molecule has 4 rings (SSSR count). The number of nitrogens with zero attached hydrogens (tertiary/aromatic N) is 2. The van der Waals surface area contributed by atoms with Crippen molar-refractivity contribution in [3.8, 4) is 22.3 Å². The molecular weight excluding hydrogens is 591 g/mol. The summed E-state index contributed by atoms with van der Waals surface area (Å²) in [5, 5.41) is 0. The van der Waals surface area contributed by atoms with Crippen LogP contribution in [0.2, 0.25) is 0 Å². The minimum atomic E-state index is 0.425. The summed E-state index contributed by atoms with van der Waals surface area (Å²) in [5.74, 6) is 0.852. The second-order valence-electron chi connectivity index (χ2n) is 12.1. The van der Waals surface area contributed by atoms with Crippen molar-refractivity contribution in [2.24, 2.45) is 4.99 Å². The van der Waals surface area contributed by atoms with Crippen LogP contribution in [0.1, 0.15) is 84.0 Å². The van der Waals surface area contributed by atoms with Gasteiger partial charge in [-0.05, 0) is 0 Å². The van der Waals surface area contributed by atoms with Gasteiger partial charge in [0.1, 0.15) is 0 Å². The zero-order valence-corrected chi connectivity index (χ0v) is 27.8. The van der Waals surface area contributed by atoms with Crippen LogP contribution in [0, 0.1) is 41.5 Å². The molecule has 2 nitrogen and oxygen atoms in total. The number of aryl methyl sites for hydroxylation is 6. The Bertz CT molecular complexity index is 1650. The van der Waals surface area contributed by atoms with Crippen LogP contribution in [-0.2, 0) is 19.4 Å². The second kappa shape index (κ2) is 12.8. The Balaban J connectivity index is 1.87. The molecule has 215 valence electrons. The average Bonchev–Trinajstić information content (AvgIpc) is 2.88. The van der Waals surface area contributed by atoms with Gasteiger partial charge >= 0.3 is 260 Å².